The Morgan fingerprint density at radius 2 is 1.70 bits per heavy atom. The molecule has 3 aromatic carbocycles. The van der Waals surface area contributed by atoms with E-state index in [9.17, 15) is 4.79 Å². The van der Waals surface area contributed by atoms with Crippen molar-refractivity contribution in [1.29, 1.82) is 0 Å². The van der Waals surface area contributed by atoms with E-state index in [-0.39, 0.29) is 5.91 Å². The molecule has 3 nitrogen and oxygen atoms in total. The molecule has 0 aliphatic carbocycles. The molecule has 4 heteroatoms. The van der Waals surface area contributed by atoms with Crippen molar-refractivity contribution < 1.29 is 4.79 Å². The molecule has 0 atom stereocenters. The van der Waals surface area contributed by atoms with E-state index in [1.807, 2.05) is 60.7 Å². The normalized spacial score (nSPS) is 10.9. The first-order chi connectivity index (χ1) is 14.6. The molecule has 4 aromatic rings. The molecule has 0 fully saturated rings. The van der Waals surface area contributed by atoms with Gasteiger partial charge in [-0.2, -0.15) is 0 Å². The van der Waals surface area contributed by atoms with E-state index in [0.29, 0.717) is 10.6 Å². The van der Waals surface area contributed by atoms with Crippen LogP contribution >= 0.6 is 11.6 Å². The summed E-state index contributed by atoms with van der Waals surface area (Å²) in [6.45, 7) is 4.19. The molecule has 0 radical (unpaired) electrons. The number of halogens is 1. The SMILES string of the molecule is CCc1ccc2nc(-c3ccc(Cl)cc3)cc(C(=O)Nc3ccccc3CC)c2c1. The summed E-state index contributed by atoms with van der Waals surface area (Å²) in [4.78, 5) is 18.2. The number of anilines is 1. The zero-order valence-corrected chi connectivity index (χ0v) is 17.8. The van der Waals surface area contributed by atoms with Crippen LogP contribution in [0.15, 0.2) is 72.8 Å². The number of rotatable bonds is 5. The summed E-state index contributed by atoms with van der Waals surface area (Å²) in [7, 11) is 0. The number of para-hydroxylation sites is 1. The van der Waals surface area contributed by atoms with Gasteiger partial charge >= 0.3 is 0 Å². The number of carbonyl (C=O) groups is 1. The van der Waals surface area contributed by atoms with Crippen LogP contribution in [0.2, 0.25) is 5.02 Å². The Morgan fingerprint density at radius 1 is 0.933 bits per heavy atom. The molecule has 150 valence electrons. The van der Waals surface area contributed by atoms with Crippen LogP contribution in [-0.4, -0.2) is 10.9 Å². The van der Waals surface area contributed by atoms with Gasteiger partial charge in [0.1, 0.15) is 0 Å². The molecular weight excluding hydrogens is 392 g/mol. The molecule has 30 heavy (non-hydrogen) atoms. The second-order valence-corrected chi connectivity index (χ2v) is 7.67. The third kappa shape index (κ3) is 4.07. The van der Waals surface area contributed by atoms with Crippen LogP contribution in [0.4, 0.5) is 5.69 Å². The highest BCUT2D eigenvalue weighted by molar-refractivity contribution is 6.30. The molecule has 1 heterocycles. The van der Waals surface area contributed by atoms with Gasteiger partial charge in [-0.15, -0.1) is 0 Å². The number of carbonyl (C=O) groups excluding carboxylic acids is 1. The molecular formula is C26H23ClN2O. The minimum Gasteiger partial charge on any atom is -0.322 e. The minimum atomic E-state index is -0.133. The number of amides is 1. The quantitative estimate of drug-likeness (QED) is 0.384. The number of aromatic nitrogens is 1. The molecule has 0 saturated carbocycles. The van der Waals surface area contributed by atoms with E-state index in [2.05, 4.69) is 31.3 Å². The number of fused-ring (bicyclic) bond motifs is 1. The van der Waals surface area contributed by atoms with Crippen molar-refractivity contribution >= 4 is 34.1 Å². The first-order valence-electron chi connectivity index (χ1n) is 10.2. The summed E-state index contributed by atoms with van der Waals surface area (Å²) >= 11 is 6.04. The summed E-state index contributed by atoms with van der Waals surface area (Å²) in [6, 6.07) is 23.4. The Labute approximate surface area is 181 Å². The lowest BCUT2D eigenvalue weighted by Crippen LogP contribution is -2.14. The van der Waals surface area contributed by atoms with Gasteiger partial charge in [0.05, 0.1) is 16.8 Å². The molecule has 0 saturated heterocycles. The molecule has 0 unspecified atom stereocenters. The van der Waals surface area contributed by atoms with Gasteiger partial charge in [-0.25, -0.2) is 4.98 Å². The number of nitrogens with zero attached hydrogens (tertiary/aromatic N) is 1. The molecule has 0 bridgehead atoms. The Morgan fingerprint density at radius 3 is 2.43 bits per heavy atom. The highest BCUT2D eigenvalue weighted by Crippen LogP contribution is 2.28. The van der Waals surface area contributed by atoms with Gasteiger partial charge in [0.25, 0.3) is 5.91 Å². The third-order valence-electron chi connectivity index (χ3n) is 5.31. The van der Waals surface area contributed by atoms with Crippen molar-refractivity contribution in [1.82, 2.24) is 4.98 Å². The zero-order valence-electron chi connectivity index (χ0n) is 17.1. The van der Waals surface area contributed by atoms with Gasteiger partial charge in [0.2, 0.25) is 0 Å². The van der Waals surface area contributed by atoms with Gasteiger partial charge in [-0.1, -0.05) is 61.8 Å². The van der Waals surface area contributed by atoms with Crippen molar-refractivity contribution in [3.05, 3.63) is 94.5 Å². The lowest BCUT2D eigenvalue weighted by Gasteiger charge is -2.13. The average molecular weight is 415 g/mol. The van der Waals surface area contributed by atoms with Crippen LogP contribution in [0.1, 0.15) is 35.3 Å². The summed E-state index contributed by atoms with van der Waals surface area (Å²) < 4.78 is 0. The predicted molar refractivity (Wildman–Crippen MR) is 125 cm³/mol. The van der Waals surface area contributed by atoms with E-state index in [4.69, 9.17) is 16.6 Å². The van der Waals surface area contributed by atoms with Crippen LogP contribution in [0.5, 0.6) is 0 Å². The molecule has 4 rings (SSSR count). The fraction of sp³-hybridized carbons (Fsp3) is 0.154. The molecule has 1 amide bonds. The fourth-order valence-corrected chi connectivity index (χ4v) is 3.72. The minimum absolute atomic E-state index is 0.133. The second kappa shape index (κ2) is 8.68. The van der Waals surface area contributed by atoms with Crippen LogP contribution in [-0.2, 0) is 12.8 Å². The van der Waals surface area contributed by atoms with Crippen LogP contribution in [0, 0.1) is 0 Å². The summed E-state index contributed by atoms with van der Waals surface area (Å²) in [5.41, 5.74) is 6.21. The monoisotopic (exact) mass is 414 g/mol. The van der Waals surface area contributed by atoms with Gasteiger partial charge < -0.3 is 5.32 Å². The van der Waals surface area contributed by atoms with Crippen molar-refractivity contribution in [2.24, 2.45) is 0 Å². The molecule has 1 N–H and O–H groups in total. The number of hydrogen-bond acceptors (Lipinski definition) is 2. The first-order valence-corrected chi connectivity index (χ1v) is 10.6. The van der Waals surface area contributed by atoms with E-state index in [1.54, 1.807) is 0 Å². The zero-order chi connectivity index (χ0) is 21.1. The summed E-state index contributed by atoms with van der Waals surface area (Å²) in [6.07, 6.45) is 1.75. The smallest absolute Gasteiger partial charge is 0.256 e. The number of hydrogen-bond donors (Lipinski definition) is 1. The first kappa shape index (κ1) is 20.1. The van der Waals surface area contributed by atoms with Crippen LogP contribution < -0.4 is 5.32 Å². The predicted octanol–water partition coefficient (Wildman–Crippen LogP) is 6.93. The topological polar surface area (TPSA) is 42.0 Å². The highest BCUT2D eigenvalue weighted by Gasteiger charge is 2.16. The van der Waals surface area contributed by atoms with Crippen molar-refractivity contribution in [2.75, 3.05) is 5.32 Å². The summed E-state index contributed by atoms with van der Waals surface area (Å²) in [5.74, 6) is -0.133. The standard InChI is InChI=1S/C26H23ClN2O/c1-3-17-9-14-24-21(15-17)22(16-25(28-24)19-10-12-20(27)13-11-19)26(30)29-23-8-6-5-7-18(23)4-2/h5-16H,3-4H2,1-2H3,(H,29,30). The third-order valence-corrected chi connectivity index (χ3v) is 5.56. The number of aryl methyl sites for hydroxylation is 2. The van der Waals surface area contributed by atoms with Crippen molar-refractivity contribution in [3.63, 3.8) is 0 Å². The Kier molecular flexibility index (Phi) is 5.82. The molecule has 0 spiro atoms. The van der Waals surface area contributed by atoms with E-state index in [1.165, 1.54) is 5.56 Å². The maximum absolute atomic E-state index is 13.4. The largest absolute Gasteiger partial charge is 0.322 e. The lowest BCUT2D eigenvalue weighted by molar-refractivity contribution is 0.102. The van der Waals surface area contributed by atoms with E-state index in [0.717, 1.165) is 46.3 Å². The van der Waals surface area contributed by atoms with E-state index >= 15 is 0 Å². The Hall–Kier alpha value is -3.17. The summed E-state index contributed by atoms with van der Waals surface area (Å²) in [5, 5.41) is 4.63. The van der Waals surface area contributed by atoms with Crippen molar-refractivity contribution in [2.45, 2.75) is 26.7 Å². The van der Waals surface area contributed by atoms with Gasteiger partial charge in [-0.3, -0.25) is 4.79 Å². The highest BCUT2D eigenvalue weighted by atomic mass is 35.5. The lowest BCUT2D eigenvalue weighted by atomic mass is 10.0. The van der Waals surface area contributed by atoms with E-state index < -0.39 is 0 Å². The van der Waals surface area contributed by atoms with Crippen LogP contribution in [0.3, 0.4) is 0 Å². The van der Waals surface area contributed by atoms with Gasteiger partial charge in [-0.05, 0) is 60.4 Å². The molecule has 1 aromatic heterocycles. The number of nitrogens with one attached hydrogen (secondary N) is 1. The van der Waals surface area contributed by atoms with Crippen molar-refractivity contribution in [3.8, 4) is 11.3 Å². The maximum Gasteiger partial charge on any atom is 0.256 e. The fourth-order valence-electron chi connectivity index (χ4n) is 3.59. The van der Waals surface area contributed by atoms with Crippen LogP contribution in [0.25, 0.3) is 22.2 Å². The Balaban J connectivity index is 1.84. The van der Waals surface area contributed by atoms with Gasteiger partial charge in [0.15, 0.2) is 0 Å². The second-order valence-electron chi connectivity index (χ2n) is 7.23. The number of benzene rings is 3. The maximum atomic E-state index is 13.4. The van der Waals surface area contributed by atoms with Gasteiger partial charge in [0, 0.05) is 21.7 Å². The average Bonchev–Trinajstić information content (AvgIpc) is 2.78. The molecule has 0 aliphatic heterocycles. The Bertz CT molecular complexity index is 1220. The molecule has 0 aliphatic rings. The number of pyridine rings is 1.